The van der Waals surface area contributed by atoms with Gasteiger partial charge in [-0.15, -0.1) is 0 Å². The molecule has 2 atom stereocenters. The van der Waals surface area contributed by atoms with Crippen LogP contribution in [0.5, 0.6) is 0 Å². The average Bonchev–Trinajstić information content (AvgIpc) is 3.19. The van der Waals surface area contributed by atoms with Crippen LogP contribution in [0.25, 0.3) is 0 Å². The zero-order valence-electron chi connectivity index (χ0n) is 12.7. The normalized spacial score (nSPS) is 22.0. The third kappa shape index (κ3) is 3.36. The number of nitrogens with one attached hydrogen (secondary N) is 1. The molecule has 21 heavy (non-hydrogen) atoms. The molecule has 0 aliphatic carbocycles. The summed E-state index contributed by atoms with van der Waals surface area (Å²) < 4.78 is 13.4. The maximum atomic E-state index is 5.90. The van der Waals surface area contributed by atoms with Crippen LogP contribution in [0.1, 0.15) is 36.5 Å². The number of ether oxygens (including phenoxy) is 1. The van der Waals surface area contributed by atoms with Crippen molar-refractivity contribution < 1.29 is 9.15 Å². The van der Waals surface area contributed by atoms with Crippen molar-refractivity contribution in [3.8, 4) is 0 Å². The summed E-state index contributed by atoms with van der Waals surface area (Å²) >= 11 is 0. The Morgan fingerprint density at radius 2 is 2.33 bits per heavy atom. The molecule has 0 bridgehead atoms. The van der Waals surface area contributed by atoms with E-state index in [2.05, 4.69) is 23.5 Å². The molecule has 5 heteroatoms. The molecule has 0 spiro atoms. The number of hydrogen-bond acceptors (Lipinski definition) is 4. The highest BCUT2D eigenvalue weighted by Crippen LogP contribution is 2.33. The molecule has 2 aromatic heterocycles. The van der Waals surface area contributed by atoms with Crippen LogP contribution in [0.2, 0.25) is 0 Å². The van der Waals surface area contributed by atoms with E-state index in [1.54, 1.807) is 0 Å². The summed E-state index contributed by atoms with van der Waals surface area (Å²) in [5.41, 5.74) is 1.19. The van der Waals surface area contributed by atoms with Gasteiger partial charge in [0.1, 0.15) is 11.5 Å². The van der Waals surface area contributed by atoms with Crippen molar-refractivity contribution >= 4 is 0 Å². The van der Waals surface area contributed by atoms with Crippen molar-refractivity contribution in [1.82, 2.24) is 15.1 Å². The van der Waals surface area contributed by atoms with Gasteiger partial charge < -0.3 is 14.5 Å². The Hall–Kier alpha value is -1.59. The van der Waals surface area contributed by atoms with Gasteiger partial charge in [-0.1, -0.05) is 0 Å². The lowest BCUT2D eigenvalue weighted by Crippen LogP contribution is -2.24. The Kier molecular flexibility index (Phi) is 4.41. The lowest BCUT2D eigenvalue weighted by molar-refractivity contribution is 0.0902. The molecule has 3 rings (SSSR count). The minimum Gasteiger partial charge on any atom is -0.465 e. The fourth-order valence-corrected chi connectivity index (χ4v) is 2.87. The molecule has 2 aromatic rings. The molecule has 0 amide bonds. The first-order valence-electron chi connectivity index (χ1n) is 7.66. The zero-order chi connectivity index (χ0) is 14.7. The molecule has 5 nitrogen and oxygen atoms in total. The van der Waals surface area contributed by atoms with Crippen molar-refractivity contribution in [2.24, 2.45) is 5.92 Å². The van der Waals surface area contributed by atoms with E-state index in [4.69, 9.17) is 9.15 Å². The summed E-state index contributed by atoms with van der Waals surface area (Å²) in [7, 11) is 0. The number of hydrogen-bond donors (Lipinski definition) is 1. The maximum absolute atomic E-state index is 5.90. The van der Waals surface area contributed by atoms with Gasteiger partial charge in [-0.25, -0.2) is 0 Å². The van der Waals surface area contributed by atoms with E-state index in [0.717, 1.165) is 44.2 Å². The van der Waals surface area contributed by atoms with Gasteiger partial charge in [0.2, 0.25) is 0 Å². The molecule has 0 radical (unpaired) electrons. The zero-order valence-corrected chi connectivity index (χ0v) is 12.7. The molecule has 1 aliphatic heterocycles. The Bertz CT molecular complexity index is 576. The monoisotopic (exact) mass is 289 g/mol. The van der Waals surface area contributed by atoms with E-state index < -0.39 is 0 Å². The number of aromatic nitrogens is 2. The number of nitrogens with zero attached hydrogens (tertiary/aromatic N) is 2. The van der Waals surface area contributed by atoms with Gasteiger partial charge in [0, 0.05) is 37.4 Å². The first kappa shape index (κ1) is 14.4. The van der Waals surface area contributed by atoms with E-state index in [0.29, 0.717) is 5.92 Å². The topological polar surface area (TPSA) is 52.2 Å². The van der Waals surface area contributed by atoms with Crippen LogP contribution in [-0.2, 0) is 17.8 Å². The van der Waals surface area contributed by atoms with Crippen molar-refractivity contribution in [2.75, 3.05) is 13.2 Å². The van der Waals surface area contributed by atoms with Crippen LogP contribution in [0.15, 0.2) is 28.9 Å². The fraction of sp³-hybridized carbons (Fsp3) is 0.562. The largest absolute Gasteiger partial charge is 0.465 e. The predicted molar refractivity (Wildman–Crippen MR) is 79.9 cm³/mol. The molecule has 0 unspecified atom stereocenters. The van der Waals surface area contributed by atoms with Gasteiger partial charge in [-0.05, 0) is 32.4 Å². The second-order valence-electron chi connectivity index (χ2n) is 5.61. The lowest BCUT2D eigenvalue weighted by atomic mass is 9.97. The summed E-state index contributed by atoms with van der Waals surface area (Å²) in [6, 6.07) is 4.02. The van der Waals surface area contributed by atoms with Crippen LogP contribution >= 0.6 is 0 Å². The van der Waals surface area contributed by atoms with Crippen molar-refractivity contribution in [3.05, 3.63) is 41.6 Å². The highest BCUT2D eigenvalue weighted by Gasteiger charge is 2.30. The molecule has 0 aromatic carbocycles. The molecule has 1 N–H and O–H groups in total. The number of aryl methyl sites for hydroxylation is 2. The molecular weight excluding hydrogens is 266 g/mol. The maximum Gasteiger partial charge on any atom is 0.117 e. The van der Waals surface area contributed by atoms with E-state index >= 15 is 0 Å². The van der Waals surface area contributed by atoms with E-state index in [1.165, 1.54) is 5.56 Å². The lowest BCUT2D eigenvalue weighted by Gasteiger charge is -2.17. The van der Waals surface area contributed by atoms with Crippen LogP contribution in [0.3, 0.4) is 0 Å². The molecule has 3 heterocycles. The van der Waals surface area contributed by atoms with Crippen molar-refractivity contribution in [2.45, 2.75) is 39.5 Å². The van der Waals surface area contributed by atoms with Gasteiger partial charge in [0.05, 0.1) is 18.8 Å². The van der Waals surface area contributed by atoms with Gasteiger partial charge in [0.15, 0.2) is 0 Å². The average molecular weight is 289 g/mol. The van der Waals surface area contributed by atoms with E-state index in [1.807, 2.05) is 29.9 Å². The minimum absolute atomic E-state index is 0.163. The Morgan fingerprint density at radius 3 is 3.05 bits per heavy atom. The highest BCUT2D eigenvalue weighted by atomic mass is 16.5. The van der Waals surface area contributed by atoms with Crippen molar-refractivity contribution in [1.29, 1.82) is 0 Å². The summed E-state index contributed by atoms with van der Waals surface area (Å²) in [5.74, 6) is 2.44. The molecule has 1 fully saturated rings. The first-order chi connectivity index (χ1) is 10.3. The second-order valence-corrected chi connectivity index (χ2v) is 5.61. The summed E-state index contributed by atoms with van der Waals surface area (Å²) in [5, 5.41) is 7.82. The standard InChI is InChI=1S/C16H23N3O2/c1-3-19-11-14(9-18-19)16-13(6-7-20-16)8-17-10-15-5-4-12(2)21-15/h4-5,9,11,13,16-17H,3,6-8,10H2,1-2H3/t13-,16+/m0/s1. The van der Waals surface area contributed by atoms with Gasteiger partial charge in [-0.2, -0.15) is 5.10 Å². The second kappa shape index (κ2) is 6.45. The van der Waals surface area contributed by atoms with Crippen LogP contribution in [0, 0.1) is 12.8 Å². The Balaban J connectivity index is 1.54. The van der Waals surface area contributed by atoms with Crippen LogP contribution in [-0.4, -0.2) is 22.9 Å². The van der Waals surface area contributed by atoms with E-state index in [9.17, 15) is 0 Å². The number of furan rings is 1. The third-order valence-corrected chi connectivity index (χ3v) is 4.02. The molecule has 1 aliphatic rings. The molecule has 1 saturated heterocycles. The Labute approximate surface area is 125 Å². The smallest absolute Gasteiger partial charge is 0.117 e. The molecular formula is C16H23N3O2. The summed E-state index contributed by atoms with van der Waals surface area (Å²) in [6.45, 7) is 7.49. The first-order valence-corrected chi connectivity index (χ1v) is 7.66. The highest BCUT2D eigenvalue weighted by molar-refractivity contribution is 5.11. The van der Waals surface area contributed by atoms with Gasteiger partial charge >= 0.3 is 0 Å². The fourth-order valence-electron chi connectivity index (χ4n) is 2.87. The predicted octanol–water partition coefficient (Wildman–Crippen LogP) is 2.67. The minimum atomic E-state index is 0.163. The molecule has 0 saturated carbocycles. The van der Waals surface area contributed by atoms with E-state index in [-0.39, 0.29) is 6.10 Å². The Morgan fingerprint density at radius 1 is 1.43 bits per heavy atom. The third-order valence-electron chi connectivity index (χ3n) is 4.02. The summed E-state index contributed by atoms with van der Waals surface area (Å²) in [6.07, 6.45) is 5.28. The number of rotatable bonds is 6. The van der Waals surface area contributed by atoms with Crippen molar-refractivity contribution in [3.63, 3.8) is 0 Å². The van der Waals surface area contributed by atoms with Crippen LogP contribution in [0.4, 0.5) is 0 Å². The molecule has 114 valence electrons. The van der Waals surface area contributed by atoms with Gasteiger partial charge in [0.25, 0.3) is 0 Å². The SMILES string of the molecule is CCn1cc([C@@H]2OCC[C@H]2CNCc2ccc(C)o2)cn1. The summed E-state index contributed by atoms with van der Waals surface area (Å²) in [4.78, 5) is 0. The van der Waals surface area contributed by atoms with Gasteiger partial charge in [-0.3, -0.25) is 4.68 Å². The van der Waals surface area contributed by atoms with Crippen LogP contribution < -0.4 is 5.32 Å². The quantitative estimate of drug-likeness (QED) is 0.888.